The molecular formula is C19H19F2N5O2. The quantitative estimate of drug-likeness (QED) is 0.728. The number of hydrogen-bond acceptors (Lipinski definition) is 4. The normalized spacial score (nSPS) is 12.0. The fourth-order valence-corrected chi connectivity index (χ4v) is 2.77. The van der Waals surface area contributed by atoms with Gasteiger partial charge in [0.2, 0.25) is 5.91 Å². The predicted octanol–water partition coefficient (Wildman–Crippen LogP) is 2.20. The molecule has 0 unspecified atom stereocenters. The average Bonchev–Trinajstić information content (AvgIpc) is 2.97. The fourth-order valence-electron chi connectivity index (χ4n) is 2.77. The van der Waals surface area contributed by atoms with Crippen molar-refractivity contribution < 1.29 is 13.6 Å². The van der Waals surface area contributed by atoms with Gasteiger partial charge in [0.05, 0.1) is 11.7 Å². The highest BCUT2D eigenvalue weighted by molar-refractivity contribution is 5.76. The van der Waals surface area contributed by atoms with E-state index in [9.17, 15) is 18.4 Å². The first kappa shape index (κ1) is 19.4. The number of halogens is 2. The summed E-state index contributed by atoms with van der Waals surface area (Å²) in [6.07, 6.45) is 0. The Morgan fingerprint density at radius 1 is 1.11 bits per heavy atom. The van der Waals surface area contributed by atoms with E-state index in [1.54, 1.807) is 32.9 Å². The summed E-state index contributed by atoms with van der Waals surface area (Å²) < 4.78 is 28.8. The van der Waals surface area contributed by atoms with E-state index in [1.165, 1.54) is 24.3 Å². The molecule has 0 spiro atoms. The maximum Gasteiger partial charge on any atom is 0.368 e. The number of aromatic nitrogens is 4. The van der Waals surface area contributed by atoms with Crippen LogP contribution in [0.25, 0.3) is 5.69 Å². The monoisotopic (exact) mass is 387 g/mol. The zero-order valence-electron chi connectivity index (χ0n) is 15.6. The van der Waals surface area contributed by atoms with Crippen molar-refractivity contribution in [3.8, 4) is 5.69 Å². The number of amides is 1. The highest BCUT2D eigenvalue weighted by Crippen LogP contribution is 2.16. The van der Waals surface area contributed by atoms with Crippen molar-refractivity contribution >= 4 is 5.91 Å². The average molecular weight is 387 g/mol. The molecule has 146 valence electrons. The minimum Gasteiger partial charge on any atom is -0.348 e. The molecular weight excluding hydrogens is 368 g/mol. The molecule has 1 amide bonds. The van der Waals surface area contributed by atoms with Crippen LogP contribution in [0.5, 0.6) is 0 Å². The van der Waals surface area contributed by atoms with Crippen LogP contribution in [0, 0.1) is 25.5 Å². The van der Waals surface area contributed by atoms with Crippen LogP contribution in [-0.2, 0) is 11.3 Å². The van der Waals surface area contributed by atoms with Crippen LogP contribution in [0.1, 0.15) is 29.7 Å². The lowest BCUT2D eigenvalue weighted by Gasteiger charge is -2.14. The van der Waals surface area contributed by atoms with E-state index >= 15 is 0 Å². The lowest BCUT2D eigenvalue weighted by atomic mass is 10.1. The molecule has 28 heavy (non-hydrogen) atoms. The summed E-state index contributed by atoms with van der Waals surface area (Å²) in [5.41, 5.74) is 1.38. The highest BCUT2D eigenvalue weighted by Gasteiger charge is 2.16. The molecule has 1 atom stereocenters. The Labute approximate surface area is 159 Å². The van der Waals surface area contributed by atoms with Crippen LogP contribution in [0.4, 0.5) is 8.78 Å². The number of aryl methyl sites for hydroxylation is 2. The van der Waals surface area contributed by atoms with E-state index in [0.29, 0.717) is 22.4 Å². The van der Waals surface area contributed by atoms with Gasteiger partial charge in [0, 0.05) is 0 Å². The number of tetrazole rings is 1. The first-order valence-electron chi connectivity index (χ1n) is 8.61. The molecule has 0 saturated heterocycles. The molecule has 3 aromatic rings. The summed E-state index contributed by atoms with van der Waals surface area (Å²) in [7, 11) is 0. The van der Waals surface area contributed by atoms with Gasteiger partial charge in [-0.15, -0.1) is 0 Å². The molecule has 0 aliphatic heterocycles. The third-order valence-corrected chi connectivity index (χ3v) is 4.39. The molecule has 1 N–H and O–H groups in total. The first-order chi connectivity index (χ1) is 13.3. The number of carbonyl (C=O) groups is 1. The van der Waals surface area contributed by atoms with E-state index < -0.39 is 23.5 Å². The van der Waals surface area contributed by atoms with Gasteiger partial charge in [0.15, 0.2) is 0 Å². The minimum absolute atomic E-state index is 0.349. The molecule has 0 fully saturated rings. The second-order valence-corrected chi connectivity index (χ2v) is 6.56. The maximum atomic E-state index is 13.7. The van der Waals surface area contributed by atoms with Gasteiger partial charge in [0.1, 0.15) is 18.2 Å². The molecule has 0 saturated carbocycles. The van der Waals surface area contributed by atoms with Crippen LogP contribution in [-0.4, -0.2) is 25.7 Å². The van der Waals surface area contributed by atoms with Crippen molar-refractivity contribution in [2.75, 3.05) is 0 Å². The molecule has 3 rings (SSSR count). The van der Waals surface area contributed by atoms with Gasteiger partial charge in [-0.05, 0) is 72.2 Å². The zero-order valence-corrected chi connectivity index (χ0v) is 15.6. The molecule has 0 bridgehead atoms. The minimum atomic E-state index is -0.626. The van der Waals surface area contributed by atoms with Crippen molar-refractivity contribution in [2.24, 2.45) is 0 Å². The van der Waals surface area contributed by atoms with Crippen LogP contribution < -0.4 is 11.0 Å². The van der Waals surface area contributed by atoms with Crippen LogP contribution in [0.2, 0.25) is 0 Å². The summed E-state index contributed by atoms with van der Waals surface area (Å²) in [5.74, 6) is -1.26. The Bertz CT molecular complexity index is 1090. The van der Waals surface area contributed by atoms with Gasteiger partial charge >= 0.3 is 5.69 Å². The summed E-state index contributed by atoms with van der Waals surface area (Å²) in [4.78, 5) is 24.7. The Hall–Kier alpha value is -3.36. The van der Waals surface area contributed by atoms with E-state index in [4.69, 9.17) is 0 Å². The summed E-state index contributed by atoms with van der Waals surface area (Å²) in [5, 5.41) is 10.2. The van der Waals surface area contributed by atoms with Crippen LogP contribution in [0.15, 0.2) is 41.2 Å². The zero-order chi connectivity index (χ0) is 20.4. The molecule has 2 aromatic carbocycles. The highest BCUT2D eigenvalue weighted by atomic mass is 19.1. The topological polar surface area (TPSA) is 81.8 Å². The molecule has 1 aromatic heterocycles. The predicted molar refractivity (Wildman–Crippen MR) is 98.0 cm³/mol. The van der Waals surface area contributed by atoms with Gasteiger partial charge in [-0.25, -0.2) is 13.6 Å². The van der Waals surface area contributed by atoms with Crippen molar-refractivity contribution in [2.45, 2.75) is 33.4 Å². The van der Waals surface area contributed by atoms with E-state index in [0.717, 1.165) is 9.36 Å². The third-order valence-electron chi connectivity index (χ3n) is 4.39. The Morgan fingerprint density at radius 2 is 1.86 bits per heavy atom. The molecule has 1 heterocycles. The van der Waals surface area contributed by atoms with Crippen molar-refractivity contribution in [1.82, 2.24) is 25.1 Å². The largest absolute Gasteiger partial charge is 0.368 e. The van der Waals surface area contributed by atoms with Crippen molar-refractivity contribution in [3.63, 3.8) is 0 Å². The number of nitrogens with zero attached hydrogens (tertiary/aromatic N) is 4. The summed E-state index contributed by atoms with van der Waals surface area (Å²) in [6, 6.07) is 8.17. The standard InChI is InChI=1S/C19H19F2N5O2/c1-11-4-5-14(9-16(11)21)13(3)22-18(27)10-25-19(28)26(24-23-25)17-7-6-15(20)8-12(17)2/h4-9,13H,10H2,1-3H3,(H,22,27)/t13-/m0/s1. The number of benzene rings is 2. The number of hydrogen-bond donors (Lipinski definition) is 1. The molecule has 0 aliphatic carbocycles. The second kappa shape index (κ2) is 7.71. The van der Waals surface area contributed by atoms with Gasteiger partial charge in [-0.2, -0.15) is 9.36 Å². The third kappa shape index (κ3) is 3.98. The number of rotatable bonds is 5. The summed E-state index contributed by atoms with van der Waals surface area (Å²) in [6.45, 7) is 4.65. The SMILES string of the molecule is Cc1ccc([C@H](C)NC(=O)Cn2nnn(-c3ccc(F)cc3C)c2=O)cc1F. The van der Waals surface area contributed by atoms with Gasteiger partial charge < -0.3 is 5.32 Å². The Morgan fingerprint density at radius 3 is 2.54 bits per heavy atom. The Balaban J connectivity index is 1.73. The van der Waals surface area contributed by atoms with Gasteiger partial charge in [-0.1, -0.05) is 12.1 Å². The van der Waals surface area contributed by atoms with Gasteiger partial charge in [-0.3, -0.25) is 4.79 Å². The molecule has 0 radical (unpaired) electrons. The first-order valence-corrected chi connectivity index (χ1v) is 8.61. The lowest BCUT2D eigenvalue weighted by Crippen LogP contribution is -2.34. The molecule has 7 nitrogen and oxygen atoms in total. The lowest BCUT2D eigenvalue weighted by molar-refractivity contribution is -0.122. The van der Waals surface area contributed by atoms with E-state index in [-0.39, 0.29) is 12.4 Å². The van der Waals surface area contributed by atoms with Crippen LogP contribution in [0.3, 0.4) is 0 Å². The van der Waals surface area contributed by atoms with Crippen LogP contribution >= 0.6 is 0 Å². The Kier molecular flexibility index (Phi) is 5.34. The van der Waals surface area contributed by atoms with Crippen molar-refractivity contribution in [1.29, 1.82) is 0 Å². The second-order valence-electron chi connectivity index (χ2n) is 6.56. The number of carbonyl (C=O) groups excluding carboxylic acids is 1. The molecule has 9 heteroatoms. The smallest absolute Gasteiger partial charge is 0.348 e. The summed E-state index contributed by atoms with van der Waals surface area (Å²) >= 11 is 0. The van der Waals surface area contributed by atoms with E-state index in [1.807, 2.05) is 0 Å². The van der Waals surface area contributed by atoms with Crippen molar-refractivity contribution in [3.05, 3.63) is 75.2 Å². The maximum absolute atomic E-state index is 13.7. The fraction of sp³-hybridized carbons (Fsp3) is 0.263. The molecule has 0 aliphatic rings. The number of nitrogens with one attached hydrogen (secondary N) is 1. The van der Waals surface area contributed by atoms with E-state index in [2.05, 4.69) is 15.7 Å². The van der Waals surface area contributed by atoms with Gasteiger partial charge in [0.25, 0.3) is 0 Å².